The van der Waals surface area contributed by atoms with Gasteiger partial charge in [0.2, 0.25) is 11.8 Å². The fourth-order valence-electron chi connectivity index (χ4n) is 3.37. The summed E-state index contributed by atoms with van der Waals surface area (Å²) in [6.45, 7) is 1.39. The van der Waals surface area contributed by atoms with Crippen molar-refractivity contribution in [2.24, 2.45) is 0 Å². The van der Waals surface area contributed by atoms with Gasteiger partial charge in [-0.3, -0.25) is 9.59 Å². The molecule has 2 aromatic carbocycles. The molecule has 2 amide bonds. The van der Waals surface area contributed by atoms with Gasteiger partial charge in [-0.05, 0) is 54.0 Å². The molecule has 5 nitrogen and oxygen atoms in total. The topological polar surface area (TPSA) is 58.6 Å². The lowest BCUT2D eigenvalue weighted by molar-refractivity contribution is -0.117. The van der Waals surface area contributed by atoms with E-state index in [4.69, 9.17) is 16.3 Å². The monoisotopic (exact) mass is 382 g/mol. The summed E-state index contributed by atoms with van der Waals surface area (Å²) in [6, 6.07) is 11.1. The first kappa shape index (κ1) is 17.6. The summed E-state index contributed by atoms with van der Waals surface area (Å²) in [5, 5.41) is 3.25. The molecule has 138 valence electrons. The highest BCUT2D eigenvalue weighted by Gasteiger charge is 2.23. The van der Waals surface area contributed by atoms with E-state index >= 15 is 0 Å². The first-order chi connectivity index (χ1) is 13.1. The van der Waals surface area contributed by atoms with Crippen molar-refractivity contribution in [2.75, 3.05) is 23.4 Å². The second-order valence-corrected chi connectivity index (χ2v) is 7.01. The number of carbonyl (C=O) groups excluding carboxylic acids is 2. The third-order valence-electron chi connectivity index (χ3n) is 4.72. The molecule has 4 rings (SSSR count). The minimum Gasteiger partial charge on any atom is -0.493 e. The first-order valence-corrected chi connectivity index (χ1v) is 9.33. The molecular weight excluding hydrogens is 364 g/mol. The fourth-order valence-corrected chi connectivity index (χ4v) is 3.65. The van der Waals surface area contributed by atoms with Gasteiger partial charge in [0, 0.05) is 31.1 Å². The smallest absolute Gasteiger partial charge is 0.248 e. The third-order valence-corrected chi connectivity index (χ3v) is 5.02. The van der Waals surface area contributed by atoms with Gasteiger partial charge in [0.15, 0.2) is 0 Å². The number of nitrogens with zero attached hydrogens (tertiary/aromatic N) is 1. The Kier molecular flexibility index (Phi) is 4.86. The van der Waals surface area contributed by atoms with Crippen LogP contribution in [0.25, 0.3) is 6.08 Å². The Hall–Kier alpha value is -2.79. The number of amides is 2. The summed E-state index contributed by atoms with van der Waals surface area (Å²) in [7, 11) is 0. The van der Waals surface area contributed by atoms with Crippen LogP contribution in [0.1, 0.15) is 24.0 Å². The lowest BCUT2D eigenvalue weighted by Gasteiger charge is -2.17. The zero-order valence-corrected chi connectivity index (χ0v) is 15.5. The molecule has 0 aliphatic carbocycles. The molecule has 2 aromatic rings. The molecule has 0 atom stereocenters. The fraction of sp³-hybridized carbons (Fsp3) is 0.238. The van der Waals surface area contributed by atoms with Gasteiger partial charge in [0.05, 0.1) is 17.3 Å². The zero-order valence-electron chi connectivity index (χ0n) is 14.7. The van der Waals surface area contributed by atoms with Gasteiger partial charge < -0.3 is 15.0 Å². The quantitative estimate of drug-likeness (QED) is 0.811. The number of carbonyl (C=O) groups is 2. The van der Waals surface area contributed by atoms with Crippen molar-refractivity contribution in [1.29, 1.82) is 0 Å². The van der Waals surface area contributed by atoms with E-state index in [0.29, 0.717) is 36.0 Å². The number of nitrogens with one attached hydrogen (secondary N) is 1. The van der Waals surface area contributed by atoms with E-state index in [1.807, 2.05) is 18.2 Å². The van der Waals surface area contributed by atoms with Gasteiger partial charge in [-0.25, -0.2) is 0 Å². The first-order valence-electron chi connectivity index (χ1n) is 8.95. The van der Waals surface area contributed by atoms with E-state index in [0.717, 1.165) is 29.7 Å². The Morgan fingerprint density at radius 2 is 2.07 bits per heavy atom. The lowest BCUT2D eigenvalue weighted by Crippen LogP contribution is -2.24. The van der Waals surface area contributed by atoms with Gasteiger partial charge in [0.1, 0.15) is 5.75 Å². The second kappa shape index (κ2) is 7.45. The molecule has 0 saturated carbocycles. The van der Waals surface area contributed by atoms with E-state index in [1.54, 1.807) is 29.2 Å². The largest absolute Gasteiger partial charge is 0.493 e. The molecule has 27 heavy (non-hydrogen) atoms. The summed E-state index contributed by atoms with van der Waals surface area (Å²) in [5.74, 6) is 0.756. The number of hydrogen-bond donors (Lipinski definition) is 1. The van der Waals surface area contributed by atoms with E-state index in [9.17, 15) is 9.59 Å². The van der Waals surface area contributed by atoms with Gasteiger partial charge in [-0.15, -0.1) is 0 Å². The SMILES string of the molecule is O=C(/C=C/c1ccc2c(c1)CCO2)Nc1ccc(N2CCCC2=O)c(Cl)c1. The Morgan fingerprint density at radius 1 is 1.19 bits per heavy atom. The normalized spacial score (nSPS) is 15.9. The minimum absolute atomic E-state index is 0.0800. The molecule has 0 radical (unpaired) electrons. The van der Waals surface area contributed by atoms with Crippen LogP contribution in [0.15, 0.2) is 42.5 Å². The molecule has 1 fully saturated rings. The molecule has 0 bridgehead atoms. The standard InChI is InChI=1S/C21H19ClN2O3/c22-17-13-16(5-6-18(17)24-10-1-2-21(24)26)23-20(25)8-4-14-3-7-19-15(12-14)9-11-27-19/h3-8,12-13H,1-2,9-11H2,(H,23,25)/b8-4+. The number of halogens is 1. The molecule has 2 heterocycles. The van der Waals surface area contributed by atoms with Crippen LogP contribution in [0, 0.1) is 0 Å². The number of hydrogen-bond acceptors (Lipinski definition) is 3. The van der Waals surface area contributed by atoms with Crippen molar-refractivity contribution in [3.8, 4) is 5.75 Å². The Morgan fingerprint density at radius 3 is 2.85 bits per heavy atom. The van der Waals surface area contributed by atoms with Crippen molar-refractivity contribution >= 4 is 40.9 Å². The summed E-state index contributed by atoms with van der Waals surface area (Å²) in [6.07, 6.45) is 5.55. The van der Waals surface area contributed by atoms with E-state index < -0.39 is 0 Å². The predicted molar refractivity (Wildman–Crippen MR) is 106 cm³/mol. The molecule has 6 heteroatoms. The Bertz CT molecular complexity index is 939. The highest BCUT2D eigenvalue weighted by Crippen LogP contribution is 2.31. The Labute approximate surface area is 162 Å². The molecule has 2 aliphatic heterocycles. The van der Waals surface area contributed by atoms with Crippen molar-refractivity contribution < 1.29 is 14.3 Å². The van der Waals surface area contributed by atoms with Gasteiger partial charge in [-0.1, -0.05) is 17.7 Å². The number of benzene rings is 2. The van der Waals surface area contributed by atoms with Crippen molar-refractivity contribution in [1.82, 2.24) is 0 Å². The minimum atomic E-state index is -0.243. The zero-order chi connectivity index (χ0) is 18.8. The van der Waals surface area contributed by atoms with Crippen LogP contribution in [0.5, 0.6) is 5.75 Å². The predicted octanol–water partition coefficient (Wildman–Crippen LogP) is 4.05. The van der Waals surface area contributed by atoms with Crippen LogP contribution in [-0.2, 0) is 16.0 Å². The van der Waals surface area contributed by atoms with Crippen LogP contribution >= 0.6 is 11.6 Å². The number of fused-ring (bicyclic) bond motifs is 1. The molecular formula is C21H19ClN2O3. The Balaban J connectivity index is 1.42. The van der Waals surface area contributed by atoms with E-state index in [2.05, 4.69) is 5.32 Å². The highest BCUT2D eigenvalue weighted by atomic mass is 35.5. The van der Waals surface area contributed by atoms with Crippen molar-refractivity contribution in [2.45, 2.75) is 19.3 Å². The third kappa shape index (κ3) is 3.83. The maximum absolute atomic E-state index is 12.2. The molecule has 1 saturated heterocycles. The van der Waals surface area contributed by atoms with Crippen LogP contribution in [0.4, 0.5) is 11.4 Å². The summed E-state index contributed by atoms with van der Waals surface area (Å²) in [5.41, 5.74) is 3.40. The van der Waals surface area contributed by atoms with Gasteiger partial charge >= 0.3 is 0 Å². The van der Waals surface area contributed by atoms with E-state index in [1.165, 1.54) is 6.08 Å². The highest BCUT2D eigenvalue weighted by molar-refractivity contribution is 6.34. The van der Waals surface area contributed by atoms with E-state index in [-0.39, 0.29) is 11.8 Å². The van der Waals surface area contributed by atoms with Crippen LogP contribution < -0.4 is 15.0 Å². The molecule has 2 aliphatic rings. The average Bonchev–Trinajstić information content (AvgIpc) is 3.28. The maximum Gasteiger partial charge on any atom is 0.248 e. The number of ether oxygens (including phenoxy) is 1. The summed E-state index contributed by atoms with van der Waals surface area (Å²) < 4.78 is 5.48. The van der Waals surface area contributed by atoms with Crippen molar-refractivity contribution in [3.05, 3.63) is 58.6 Å². The number of rotatable bonds is 4. The summed E-state index contributed by atoms with van der Waals surface area (Å²) >= 11 is 6.31. The molecule has 0 spiro atoms. The maximum atomic E-state index is 12.2. The lowest BCUT2D eigenvalue weighted by atomic mass is 10.1. The van der Waals surface area contributed by atoms with Crippen LogP contribution in [0.3, 0.4) is 0 Å². The summed E-state index contributed by atoms with van der Waals surface area (Å²) in [4.78, 5) is 25.7. The van der Waals surface area contributed by atoms with Crippen LogP contribution in [0.2, 0.25) is 5.02 Å². The number of anilines is 2. The van der Waals surface area contributed by atoms with Gasteiger partial charge in [0.25, 0.3) is 0 Å². The van der Waals surface area contributed by atoms with Crippen molar-refractivity contribution in [3.63, 3.8) is 0 Å². The molecule has 0 aromatic heterocycles. The molecule has 0 unspecified atom stereocenters. The van der Waals surface area contributed by atoms with Gasteiger partial charge in [-0.2, -0.15) is 0 Å². The second-order valence-electron chi connectivity index (χ2n) is 6.60. The van der Waals surface area contributed by atoms with Crippen LogP contribution in [-0.4, -0.2) is 25.0 Å². The molecule has 1 N–H and O–H groups in total. The average molecular weight is 383 g/mol.